The largest absolute Gasteiger partial charge is 0.352 e. The van der Waals surface area contributed by atoms with E-state index in [1.54, 1.807) is 4.90 Å². The van der Waals surface area contributed by atoms with E-state index < -0.39 is 27.1 Å². The van der Waals surface area contributed by atoms with E-state index in [0.717, 1.165) is 18.2 Å². The number of benzene rings is 1. The minimum absolute atomic E-state index is 0.0229. The van der Waals surface area contributed by atoms with Crippen LogP contribution in [0.3, 0.4) is 0 Å². The Balaban J connectivity index is 2.67. The smallest absolute Gasteiger partial charge is 0.277 e. The predicted molar refractivity (Wildman–Crippen MR) is 89.2 cm³/mol. The number of amides is 2. The molecule has 1 N–H and O–H groups in total. The fraction of sp³-hybridized carbons (Fsp3) is 0.467. The van der Waals surface area contributed by atoms with Crippen LogP contribution in [0, 0.1) is 20.2 Å². The van der Waals surface area contributed by atoms with Crippen LogP contribution in [0.1, 0.15) is 37.0 Å². The second-order valence-electron chi connectivity index (χ2n) is 5.18. The number of carbonyl (C=O) groups is 2. The molecule has 1 rings (SSSR count). The van der Waals surface area contributed by atoms with E-state index in [9.17, 15) is 29.8 Å². The third kappa shape index (κ3) is 5.83. The summed E-state index contributed by atoms with van der Waals surface area (Å²) in [4.78, 5) is 45.6. The highest BCUT2D eigenvalue weighted by Gasteiger charge is 2.19. The van der Waals surface area contributed by atoms with Crippen molar-refractivity contribution >= 4 is 23.2 Å². The van der Waals surface area contributed by atoms with E-state index in [0.29, 0.717) is 19.5 Å². The van der Waals surface area contributed by atoms with Gasteiger partial charge in [-0.15, -0.1) is 0 Å². The molecule has 0 aromatic heterocycles. The summed E-state index contributed by atoms with van der Waals surface area (Å²) in [6, 6.07) is 2.74. The zero-order valence-corrected chi connectivity index (χ0v) is 14.1. The molecule has 0 atom stereocenters. The number of nitrogens with one attached hydrogen (secondary N) is 1. The van der Waals surface area contributed by atoms with Crippen molar-refractivity contribution in [2.45, 2.75) is 26.7 Å². The van der Waals surface area contributed by atoms with Crippen LogP contribution in [0.4, 0.5) is 11.4 Å². The van der Waals surface area contributed by atoms with E-state index >= 15 is 0 Å². The average molecular weight is 352 g/mol. The topological polar surface area (TPSA) is 136 Å². The summed E-state index contributed by atoms with van der Waals surface area (Å²) in [5.74, 6) is -0.688. The Morgan fingerprint density at radius 2 is 1.56 bits per heavy atom. The zero-order chi connectivity index (χ0) is 19.0. The normalized spacial score (nSPS) is 10.2. The van der Waals surface area contributed by atoms with Crippen LogP contribution < -0.4 is 5.32 Å². The molecule has 0 unspecified atom stereocenters. The van der Waals surface area contributed by atoms with Crippen molar-refractivity contribution < 1.29 is 19.4 Å². The number of non-ortho nitro benzene ring substituents is 2. The molecule has 0 bridgehead atoms. The van der Waals surface area contributed by atoms with E-state index in [1.807, 2.05) is 13.8 Å². The Labute approximate surface area is 144 Å². The fourth-order valence-corrected chi connectivity index (χ4v) is 2.22. The van der Waals surface area contributed by atoms with Crippen LogP contribution in [0.5, 0.6) is 0 Å². The van der Waals surface area contributed by atoms with E-state index in [-0.39, 0.29) is 24.4 Å². The fourth-order valence-electron chi connectivity index (χ4n) is 2.22. The first kappa shape index (κ1) is 20.0. The van der Waals surface area contributed by atoms with Gasteiger partial charge in [0.2, 0.25) is 5.91 Å². The maximum Gasteiger partial charge on any atom is 0.277 e. The van der Waals surface area contributed by atoms with Crippen molar-refractivity contribution in [3.05, 3.63) is 44.0 Å². The molecule has 0 aliphatic heterocycles. The van der Waals surface area contributed by atoms with Gasteiger partial charge in [-0.25, -0.2) is 0 Å². The minimum Gasteiger partial charge on any atom is -0.352 e. The second-order valence-corrected chi connectivity index (χ2v) is 5.18. The van der Waals surface area contributed by atoms with Crippen molar-refractivity contribution in [3.8, 4) is 0 Å². The summed E-state index contributed by atoms with van der Waals surface area (Å²) in [7, 11) is 0. The Bertz CT molecular complexity index is 640. The first-order valence-electron chi connectivity index (χ1n) is 7.80. The number of nitro groups is 2. The van der Waals surface area contributed by atoms with Crippen molar-refractivity contribution in [1.29, 1.82) is 0 Å². The van der Waals surface area contributed by atoms with Crippen LogP contribution in [0.25, 0.3) is 0 Å². The predicted octanol–water partition coefficient (Wildman–Crippen LogP) is 1.88. The Hall–Kier alpha value is -3.04. The lowest BCUT2D eigenvalue weighted by Crippen LogP contribution is -2.31. The number of hydrogen-bond donors (Lipinski definition) is 1. The molecule has 136 valence electrons. The summed E-state index contributed by atoms with van der Waals surface area (Å²) in [6.45, 7) is 5.15. The lowest BCUT2D eigenvalue weighted by Gasteiger charge is -2.18. The molecular weight excluding hydrogens is 332 g/mol. The van der Waals surface area contributed by atoms with E-state index in [1.165, 1.54) is 0 Å². The van der Waals surface area contributed by atoms with Gasteiger partial charge in [0.1, 0.15) is 0 Å². The Kier molecular flexibility index (Phi) is 7.44. The van der Waals surface area contributed by atoms with Gasteiger partial charge in [-0.3, -0.25) is 29.8 Å². The van der Waals surface area contributed by atoms with Gasteiger partial charge in [-0.2, -0.15) is 0 Å². The zero-order valence-electron chi connectivity index (χ0n) is 14.1. The summed E-state index contributed by atoms with van der Waals surface area (Å²) < 4.78 is 0. The lowest BCUT2D eigenvalue weighted by molar-refractivity contribution is -0.394. The lowest BCUT2D eigenvalue weighted by atomic mass is 10.1. The Morgan fingerprint density at radius 3 is 2.00 bits per heavy atom. The van der Waals surface area contributed by atoms with Gasteiger partial charge in [-0.1, -0.05) is 0 Å². The highest BCUT2D eigenvalue weighted by Crippen LogP contribution is 2.22. The Morgan fingerprint density at radius 1 is 1.04 bits per heavy atom. The first-order valence-corrected chi connectivity index (χ1v) is 7.80. The third-order valence-corrected chi connectivity index (χ3v) is 3.56. The average Bonchev–Trinajstić information content (AvgIpc) is 2.59. The second kappa shape index (κ2) is 9.30. The number of rotatable bonds is 9. The first-order chi connectivity index (χ1) is 11.8. The monoisotopic (exact) mass is 352 g/mol. The van der Waals surface area contributed by atoms with Crippen molar-refractivity contribution in [2.75, 3.05) is 19.6 Å². The van der Waals surface area contributed by atoms with Gasteiger partial charge in [0.15, 0.2) is 0 Å². The highest BCUT2D eigenvalue weighted by atomic mass is 16.6. The minimum atomic E-state index is -0.799. The molecule has 2 amide bonds. The van der Waals surface area contributed by atoms with Gasteiger partial charge in [0.05, 0.1) is 21.5 Å². The number of nitro benzene ring substituents is 2. The molecule has 0 aliphatic carbocycles. The van der Waals surface area contributed by atoms with E-state index in [4.69, 9.17) is 0 Å². The molecule has 0 spiro atoms. The standard InChI is InChI=1S/C15H20N4O6/c1-3-17(4-2)14(20)6-5-7-16-15(21)11-8-12(18(22)23)10-13(9-11)19(24)25/h8-10H,3-7H2,1-2H3,(H,16,21). The van der Waals surface area contributed by atoms with Gasteiger partial charge < -0.3 is 10.2 Å². The number of carbonyl (C=O) groups excluding carboxylic acids is 2. The van der Waals surface area contributed by atoms with Crippen LogP contribution >= 0.6 is 0 Å². The summed E-state index contributed by atoms with van der Waals surface area (Å²) >= 11 is 0. The molecule has 10 nitrogen and oxygen atoms in total. The molecule has 0 fully saturated rings. The third-order valence-electron chi connectivity index (χ3n) is 3.56. The highest BCUT2D eigenvalue weighted by molar-refractivity contribution is 5.95. The van der Waals surface area contributed by atoms with Crippen LogP contribution in [-0.2, 0) is 4.79 Å². The van der Waals surface area contributed by atoms with Crippen LogP contribution in [0.2, 0.25) is 0 Å². The molecule has 0 heterocycles. The summed E-state index contributed by atoms with van der Waals surface area (Å²) in [6.07, 6.45) is 0.662. The number of nitrogens with zero attached hydrogens (tertiary/aromatic N) is 3. The van der Waals surface area contributed by atoms with Gasteiger partial charge >= 0.3 is 0 Å². The van der Waals surface area contributed by atoms with Crippen LogP contribution in [0.15, 0.2) is 18.2 Å². The molecule has 0 aliphatic rings. The van der Waals surface area contributed by atoms with Crippen molar-refractivity contribution in [1.82, 2.24) is 10.2 Å². The van der Waals surface area contributed by atoms with Crippen LogP contribution in [-0.4, -0.2) is 46.2 Å². The molecule has 0 saturated carbocycles. The van der Waals surface area contributed by atoms with Gasteiger partial charge in [0, 0.05) is 38.2 Å². The maximum absolute atomic E-state index is 12.0. The molecule has 25 heavy (non-hydrogen) atoms. The molecule has 0 saturated heterocycles. The SMILES string of the molecule is CCN(CC)C(=O)CCCNC(=O)c1cc([N+](=O)[O-])cc([N+](=O)[O-])c1. The van der Waals surface area contributed by atoms with Gasteiger partial charge in [-0.05, 0) is 20.3 Å². The molecule has 1 aromatic rings. The molecule has 10 heteroatoms. The molecular formula is C15H20N4O6. The number of hydrogen-bond acceptors (Lipinski definition) is 6. The quantitative estimate of drug-likeness (QED) is 0.409. The van der Waals surface area contributed by atoms with Crippen molar-refractivity contribution in [2.24, 2.45) is 0 Å². The molecule has 0 radical (unpaired) electrons. The van der Waals surface area contributed by atoms with Crippen molar-refractivity contribution in [3.63, 3.8) is 0 Å². The van der Waals surface area contributed by atoms with E-state index in [2.05, 4.69) is 5.32 Å². The molecule has 1 aromatic carbocycles. The maximum atomic E-state index is 12.0. The summed E-state index contributed by atoms with van der Waals surface area (Å²) in [5.41, 5.74) is -1.23. The van der Waals surface area contributed by atoms with Gasteiger partial charge in [0.25, 0.3) is 17.3 Å². The summed E-state index contributed by atoms with van der Waals surface area (Å²) in [5, 5.41) is 24.1.